The lowest BCUT2D eigenvalue weighted by molar-refractivity contribution is 0.0873. The van der Waals surface area contributed by atoms with Crippen molar-refractivity contribution in [1.82, 2.24) is 19.8 Å². The van der Waals surface area contributed by atoms with Gasteiger partial charge in [-0.05, 0) is 37.1 Å². The molecule has 24 heavy (non-hydrogen) atoms. The fraction of sp³-hybridized carbons (Fsp3) is 0.312. The molecule has 7 nitrogen and oxygen atoms in total. The van der Waals surface area contributed by atoms with Crippen LogP contribution in [0.15, 0.2) is 34.9 Å². The van der Waals surface area contributed by atoms with Crippen LogP contribution in [0.5, 0.6) is 5.75 Å². The predicted octanol–water partition coefficient (Wildman–Crippen LogP) is 2.85. The van der Waals surface area contributed by atoms with Gasteiger partial charge in [-0.25, -0.2) is 0 Å². The van der Waals surface area contributed by atoms with Crippen LogP contribution in [-0.4, -0.2) is 44.2 Å². The predicted molar refractivity (Wildman–Crippen MR) is 93.0 cm³/mol. The van der Waals surface area contributed by atoms with Gasteiger partial charge in [0.05, 0.1) is 24.4 Å². The first-order valence-corrected chi connectivity index (χ1v) is 8.55. The van der Waals surface area contributed by atoms with Gasteiger partial charge in [0.2, 0.25) is 5.95 Å². The number of hydrogen-bond donors (Lipinski definition) is 2. The Kier molecular flexibility index (Phi) is 4.07. The van der Waals surface area contributed by atoms with Gasteiger partial charge in [-0.15, -0.1) is 10.2 Å². The van der Waals surface area contributed by atoms with E-state index in [9.17, 15) is 5.11 Å². The van der Waals surface area contributed by atoms with E-state index in [2.05, 4.69) is 36.5 Å². The molecule has 3 aromatic rings. The molecule has 2 N–H and O–H groups in total. The van der Waals surface area contributed by atoms with Gasteiger partial charge in [-0.3, -0.25) is 0 Å². The molecule has 1 aliphatic rings. The molecule has 124 valence electrons. The lowest BCUT2D eigenvalue weighted by Gasteiger charge is -2.23. The molecule has 0 amide bonds. The van der Waals surface area contributed by atoms with Crippen LogP contribution >= 0.6 is 15.9 Å². The van der Waals surface area contributed by atoms with Crippen molar-refractivity contribution in [3.05, 3.63) is 34.9 Å². The number of phenols is 1. The lowest BCUT2D eigenvalue weighted by Crippen LogP contribution is -2.31. The highest BCUT2D eigenvalue weighted by atomic mass is 79.9. The van der Waals surface area contributed by atoms with E-state index in [1.165, 1.54) is 0 Å². The second-order valence-electron chi connectivity index (χ2n) is 5.72. The van der Waals surface area contributed by atoms with Gasteiger partial charge in [0.25, 0.3) is 0 Å². The molecule has 3 heterocycles. The van der Waals surface area contributed by atoms with Crippen LogP contribution in [0.1, 0.15) is 12.8 Å². The van der Waals surface area contributed by atoms with Crippen LogP contribution in [0.4, 0.5) is 5.95 Å². The van der Waals surface area contributed by atoms with Crippen molar-refractivity contribution in [2.45, 2.75) is 18.9 Å². The summed E-state index contributed by atoms with van der Waals surface area (Å²) in [7, 11) is 0. The first kappa shape index (κ1) is 15.3. The maximum atomic E-state index is 10.2. The zero-order chi connectivity index (χ0) is 16.5. The minimum absolute atomic E-state index is 0.142. The quantitative estimate of drug-likeness (QED) is 0.716. The summed E-state index contributed by atoms with van der Waals surface area (Å²) in [6, 6.07) is 7.35. The van der Waals surface area contributed by atoms with Crippen molar-refractivity contribution in [2.24, 2.45) is 0 Å². The van der Waals surface area contributed by atoms with Gasteiger partial charge in [-0.2, -0.15) is 9.61 Å². The molecule has 1 aliphatic heterocycles. The average molecular weight is 390 g/mol. The molecule has 1 atom stereocenters. The molecule has 1 saturated heterocycles. The van der Waals surface area contributed by atoms with Gasteiger partial charge in [0.1, 0.15) is 11.4 Å². The SMILES string of the molecule is Oc1cc(Br)ccc1-c1nnc(N[C@@H]2CCCOC2)n2nccc12. The summed E-state index contributed by atoms with van der Waals surface area (Å²) < 4.78 is 8.00. The van der Waals surface area contributed by atoms with Gasteiger partial charge in [-0.1, -0.05) is 15.9 Å². The zero-order valence-corrected chi connectivity index (χ0v) is 14.4. The van der Waals surface area contributed by atoms with Crippen molar-refractivity contribution >= 4 is 27.4 Å². The van der Waals surface area contributed by atoms with Crippen LogP contribution in [0.2, 0.25) is 0 Å². The molecule has 0 aliphatic carbocycles. The maximum Gasteiger partial charge on any atom is 0.244 e. The van der Waals surface area contributed by atoms with Crippen LogP contribution in [0.25, 0.3) is 16.8 Å². The monoisotopic (exact) mass is 389 g/mol. The highest BCUT2D eigenvalue weighted by Gasteiger charge is 2.19. The van der Waals surface area contributed by atoms with E-state index >= 15 is 0 Å². The lowest BCUT2D eigenvalue weighted by atomic mass is 10.1. The standard InChI is InChI=1S/C16H16BrN5O2/c17-10-3-4-12(14(23)8-10)15-13-5-6-18-22(13)16(21-20-15)19-11-2-1-7-24-9-11/h3-6,8,11,23H,1-2,7,9H2,(H,19,21)/t11-/m1/s1. The molecule has 0 bridgehead atoms. The van der Waals surface area contributed by atoms with E-state index < -0.39 is 0 Å². The van der Waals surface area contributed by atoms with Gasteiger partial charge in [0, 0.05) is 16.6 Å². The largest absolute Gasteiger partial charge is 0.507 e. The Balaban J connectivity index is 1.74. The Morgan fingerprint density at radius 1 is 1.29 bits per heavy atom. The molecular weight excluding hydrogens is 374 g/mol. The number of fused-ring (bicyclic) bond motifs is 1. The van der Waals surface area contributed by atoms with E-state index in [0.29, 0.717) is 23.8 Å². The Morgan fingerprint density at radius 2 is 2.21 bits per heavy atom. The van der Waals surface area contributed by atoms with Gasteiger partial charge in [0.15, 0.2) is 0 Å². The van der Waals surface area contributed by atoms with E-state index in [4.69, 9.17) is 4.74 Å². The van der Waals surface area contributed by atoms with Crippen molar-refractivity contribution in [2.75, 3.05) is 18.5 Å². The van der Waals surface area contributed by atoms with Crippen molar-refractivity contribution in [3.63, 3.8) is 0 Å². The summed E-state index contributed by atoms with van der Waals surface area (Å²) in [4.78, 5) is 0. The van der Waals surface area contributed by atoms with E-state index in [0.717, 1.165) is 29.4 Å². The van der Waals surface area contributed by atoms with Crippen molar-refractivity contribution in [1.29, 1.82) is 0 Å². The number of phenolic OH excluding ortho intramolecular Hbond substituents is 1. The number of nitrogens with one attached hydrogen (secondary N) is 1. The summed E-state index contributed by atoms with van der Waals surface area (Å²) in [6.07, 6.45) is 3.75. The number of aromatic hydroxyl groups is 1. The molecular formula is C16H16BrN5O2. The van der Waals surface area contributed by atoms with Crippen LogP contribution in [0, 0.1) is 0 Å². The van der Waals surface area contributed by atoms with E-state index in [1.54, 1.807) is 22.8 Å². The molecule has 0 spiro atoms. The van der Waals surface area contributed by atoms with E-state index in [1.807, 2.05) is 12.1 Å². The second-order valence-corrected chi connectivity index (χ2v) is 6.64. The van der Waals surface area contributed by atoms with Gasteiger partial charge >= 0.3 is 0 Å². The number of ether oxygens (including phenoxy) is 1. The minimum Gasteiger partial charge on any atom is -0.507 e. The molecule has 2 aromatic heterocycles. The Bertz CT molecular complexity index is 876. The third-order valence-corrected chi connectivity index (χ3v) is 4.53. The Hall–Kier alpha value is -2.19. The second kappa shape index (κ2) is 6.37. The fourth-order valence-corrected chi connectivity index (χ4v) is 3.22. The molecule has 0 saturated carbocycles. The highest BCUT2D eigenvalue weighted by molar-refractivity contribution is 9.10. The summed E-state index contributed by atoms with van der Waals surface area (Å²) in [5.41, 5.74) is 1.98. The van der Waals surface area contributed by atoms with Crippen LogP contribution < -0.4 is 5.32 Å². The number of aromatic nitrogens is 4. The smallest absolute Gasteiger partial charge is 0.244 e. The summed E-state index contributed by atoms with van der Waals surface area (Å²) in [5.74, 6) is 0.717. The van der Waals surface area contributed by atoms with Crippen LogP contribution in [-0.2, 0) is 4.74 Å². The summed E-state index contributed by atoms with van der Waals surface area (Å²) >= 11 is 3.34. The third kappa shape index (κ3) is 2.83. The maximum absolute atomic E-state index is 10.2. The third-order valence-electron chi connectivity index (χ3n) is 4.04. The average Bonchev–Trinajstić information content (AvgIpc) is 3.07. The molecule has 4 rings (SSSR count). The minimum atomic E-state index is 0.142. The Morgan fingerprint density at radius 3 is 3.00 bits per heavy atom. The number of benzene rings is 1. The van der Waals surface area contributed by atoms with Gasteiger partial charge < -0.3 is 15.2 Å². The van der Waals surface area contributed by atoms with E-state index in [-0.39, 0.29) is 11.8 Å². The summed E-state index contributed by atoms with van der Waals surface area (Å²) in [5, 5.41) is 26.5. The highest BCUT2D eigenvalue weighted by Crippen LogP contribution is 2.33. The number of rotatable bonds is 3. The van der Waals surface area contributed by atoms with Crippen LogP contribution in [0.3, 0.4) is 0 Å². The fourth-order valence-electron chi connectivity index (χ4n) is 2.87. The number of hydrogen-bond acceptors (Lipinski definition) is 6. The first-order chi connectivity index (χ1) is 11.7. The first-order valence-electron chi connectivity index (χ1n) is 7.76. The van der Waals surface area contributed by atoms with Crippen molar-refractivity contribution < 1.29 is 9.84 Å². The zero-order valence-electron chi connectivity index (χ0n) is 12.8. The molecule has 1 fully saturated rings. The topological polar surface area (TPSA) is 84.6 Å². The number of halogens is 1. The normalized spacial score (nSPS) is 18.0. The molecule has 1 aromatic carbocycles. The molecule has 0 radical (unpaired) electrons. The number of nitrogens with zero attached hydrogens (tertiary/aromatic N) is 4. The molecule has 0 unspecified atom stereocenters. The Labute approximate surface area is 146 Å². The molecule has 8 heteroatoms. The summed E-state index contributed by atoms with van der Waals surface area (Å²) in [6.45, 7) is 1.46. The number of anilines is 1. The van der Waals surface area contributed by atoms with Crippen molar-refractivity contribution in [3.8, 4) is 17.0 Å².